The van der Waals surface area contributed by atoms with E-state index in [1.807, 2.05) is 25.3 Å². The molecule has 0 bridgehead atoms. The average Bonchev–Trinajstić information content (AvgIpc) is 2.64. The Labute approximate surface area is 112 Å². The highest BCUT2D eigenvalue weighted by atomic mass is 19.1. The molecule has 0 unspecified atom stereocenters. The summed E-state index contributed by atoms with van der Waals surface area (Å²) in [6, 6.07) is 4.93. The molecule has 2 N–H and O–H groups in total. The Balaban J connectivity index is 2.54. The molecule has 0 amide bonds. The Kier molecular flexibility index (Phi) is 3.46. The molecule has 4 nitrogen and oxygen atoms in total. The van der Waals surface area contributed by atoms with Gasteiger partial charge in [0, 0.05) is 11.6 Å². The van der Waals surface area contributed by atoms with E-state index in [4.69, 9.17) is 10.5 Å². The predicted octanol–water partition coefficient (Wildman–Crippen LogP) is 3.17. The second kappa shape index (κ2) is 4.91. The van der Waals surface area contributed by atoms with Crippen molar-refractivity contribution in [2.75, 3.05) is 12.8 Å². The first kappa shape index (κ1) is 13.4. The van der Waals surface area contributed by atoms with Crippen molar-refractivity contribution in [2.45, 2.75) is 26.8 Å². The normalized spacial score (nSPS) is 11.1. The van der Waals surface area contributed by atoms with E-state index in [-0.39, 0.29) is 11.8 Å². The highest BCUT2D eigenvalue weighted by Crippen LogP contribution is 2.31. The predicted molar refractivity (Wildman–Crippen MR) is 73.7 cm³/mol. The summed E-state index contributed by atoms with van der Waals surface area (Å²) >= 11 is 0. The van der Waals surface area contributed by atoms with Crippen LogP contribution in [0.25, 0.3) is 11.3 Å². The number of hydrogen-bond donors (Lipinski definition) is 1. The van der Waals surface area contributed by atoms with Gasteiger partial charge in [0.25, 0.3) is 0 Å². The lowest BCUT2D eigenvalue weighted by Crippen LogP contribution is -2.07. The molecule has 5 heteroatoms. The van der Waals surface area contributed by atoms with Crippen LogP contribution < -0.4 is 10.5 Å². The standard InChI is InChI=1S/C14H18FN3O/c1-8(2)18-9(3)17-13(14(18)16)10-5-6-12(19-4)11(15)7-10/h5-8H,16H2,1-4H3. The monoisotopic (exact) mass is 263 g/mol. The number of hydrogen-bond acceptors (Lipinski definition) is 3. The Morgan fingerprint density at radius 1 is 1.37 bits per heavy atom. The average molecular weight is 263 g/mol. The van der Waals surface area contributed by atoms with Gasteiger partial charge in [-0.1, -0.05) is 0 Å². The van der Waals surface area contributed by atoms with E-state index in [1.165, 1.54) is 13.2 Å². The van der Waals surface area contributed by atoms with Gasteiger partial charge in [0.15, 0.2) is 11.6 Å². The van der Waals surface area contributed by atoms with E-state index in [0.29, 0.717) is 17.1 Å². The molecule has 1 aromatic heterocycles. The van der Waals surface area contributed by atoms with E-state index in [2.05, 4.69) is 4.98 Å². The summed E-state index contributed by atoms with van der Waals surface area (Å²) in [5, 5.41) is 0. The maximum absolute atomic E-state index is 13.7. The van der Waals surface area contributed by atoms with Gasteiger partial charge in [-0.15, -0.1) is 0 Å². The molecular weight excluding hydrogens is 245 g/mol. The molecule has 0 saturated carbocycles. The van der Waals surface area contributed by atoms with E-state index >= 15 is 0 Å². The Hall–Kier alpha value is -2.04. The topological polar surface area (TPSA) is 53.1 Å². The molecule has 2 aromatic rings. The van der Waals surface area contributed by atoms with Gasteiger partial charge in [-0.3, -0.25) is 0 Å². The maximum atomic E-state index is 13.7. The van der Waals surface area contributed by atoms with Crippen LogP contribution in [0.5, 0.6) is 5.75 Å². The Morgan fingerprint density at radius 3 is 2.53 bits per heavy atom. The number of aryl methyl sites for hydroxylation is 1. The van der Waals surface area contributed by atoms with Gasteiger partial charge in [0.1, 0.15) is 17.3 Å². The van der Waals surface area contributed by atoms with Gasteiger partial charge in [-0.25, -0.2) is 9.37 Å². The smallest absolute Gasteiger partial charge is 0.165 e. The van der Waals surface area contributed by atoms with Crippen LogP contribution in [0, 0.1) is 12.7 Å². The van der Waals surface area contributed by atoms with E-state index in [0.717, 1.165) is 5.82 Å². The fraction of sp³-hybridized carbons (Fsp3) is 0.357. The van der Waals surface area contributed by atoms with Crippen LogP contribution in [0.15, 0.2) is 18.2 Å². The lowest BCUT2D eigenvalue weighted by molar-refractivity contribution is 0.386. The zero-order valence-corrected chi connectivity index (χ0v) is 11.6. The number of benzene rings is 1. The molecule has 1 aromatic carbocycles. The summed E-state index contributed by atoms with van der Waals surface area (Å²) in [7, 11) is 1.43. The molecule has 2 rings (SSSR count). The number of aromatic nitrogens is 2. The molecule has 102 valence electrons. The Morgan fingerprint density at radius 2 is 2.05 bits per heavy atom. The van der Waals surface area contributed by atoms with Gasteiger partial charge < -0.3 is 15.0 Å². The molecule has 19 heavy (non-hydrogen) atoms. The quantitative estimate of drug-likeness (QED) is 0.925. The van der Waals surface area contributed by atoms with E-state index < -0.39 is 5.82 Å². The SMILES string of the molecule is COc1ccc(-c2nc(C)n(C(C)C)c2N)cc1F. The summed E-state index contributed by atoms with van der Waals surface area (Å²) in [5.74, 6) is 1.16. The summed E-state index contributed by atoms with van der Waals surface area (Å²) in [4.78, 5) is 4.43. The molecule has 0 radical (unpaired) electrons. The molecule has 0 aliphatic heterocycles. The van der Waals surface area contributed by atoms with Crippen molar-refractivity contribution in [2.24, 2.45) is 0 Å². The van der Waals surface area contributed by atoms with E-state index in [9.17, 15) is 4.39 Å². The number of ether oxygens (including phenoxy) is 1. The fourth-order valence-electron chi connectivity index (χ4n) is 2.24. The lowest BCUT2D eigenvalue weighted by Gasteiger charge is -2.11. The van der Waals surface area contributed by atoms with Crippen LogP contribution in [0.4, 0.5) is 10.2 Å². The molecule has 0 aliphatic carbocycles. The first-order valence-corrected chi connectivity index (χ1v) is 6.14. The summed E-state index contributed by atoms with van der Waals surface area (Å²) in [6.45, 7) is 5.95. The van der Waals surface area contributed by atoms with Crippen molar-refractivity contribution < 1.29 is 9.13 Å². The molecule has 0 atom stereocenters. The number of rotatable bonds is 3. The van der Waals surface area contributed by atoms with Gasteiger partial charge in [0.05, 0.1) is 7.11 Å². The van der Waals surface area contributed by atoms with Crippen LogP contribution in [-0.2, 0) is 0 Å². The minimum Gasteiger partial charge on any atom is -0.494 e. The largest absolute Gasteiger partial charge is 0.494 e. The minimum absolute atomic E-state index is 0.210. The summed E-state index contributed by atoms with van der Waals surface area (Å²) < 4.78 is 20.6. The van der Waals surface area contributed by atoms with E-state index in [1.54, 1.807) is 12.1 Å². The zero-order valence-electron chi connectivity index (χ0n) is 11.6. The second-order valence-electron chi connectivity index (χ2n) is 4.71. The first-order valence-electron chi connectivity index (χ1n) is 6.14. The van der Waals surface area contributed by atoms with Crippen LogP contribution in [-0.4, -0.2) is 16.7 Å². The van der Waals surface area contributed by atoms with Crippen molar-refractivity contribution in [3.63, 3.8) is 0 Å². The van der Waals surface area contributed by atoms with Crippen LogP contribution >= 0.6 is 0 Å². The summed E-state index contributed by atoms with van der Waals surface area (Å²) in [5.41, 5.74) is 7.36. The van der Waals surface area contributed by atoms with Crippen molar-refractivity contribution in [1.82, 2.24) is 9.55 Å². The summed E-state index contributed by atoms with van der Waals surface area (Å²) in [6.07, 6.45) is 0. The van der Waals surface area contributed by atoms with Crippen LogP contribution in [0.3, 0.4) is 0 Å². The fourth-order valence-corrected chi connectivity index (χ4v) is 2.24. The highest BCUT2D eigenvalue weighted by Gasteiger charge is 2.16. The molecule has 0 aliphatic rings. The van der Waals surface area contributed by atoms with Crippen molar-refractivity contribution in [3.05, 3.63) is 29.8 Å². The molecule has 0 spiro atoms. The number of nitrogens with zero attached hydrogens (tertiary/aromatic N) is 2. The molecule has 1 heterocycles. The number of imidazole rings is 1. The van der Waals surface area contributed by atoms with Gasteiger partial charge in [-0.2, -0.15) is 0 Å². The number of methoxy groups -OCH3 is 1. The number of anilines is 1. The minimum atomic E-state index is -0.420. The van der Waals surface area contributed by atoms with Crippen LogP contribution in [0.1, 0.15) is 25.7 Å². The molecular formula is C14H18FN3O. The van der Waals surface area contributed by atoms with Crippen molar-refractivity contribution in [3.8, 4) is 17.0 Å². The molecule has 0 saturated heterocycles. The highest BCUT2D eigenvalue weighted by molar-refractivity contribution is 5.71. The number of nitrogen functional groups attached to an aromatic ring is 1. The third-order valence-electron chi connectivity index (χ3n) is 3.07. The first-order chi connectivity index (χ1) is 8.95. The number of halogens is 1. The maximum Gasteiger partial charge on any atom is 0.165 e. The lowest BCUT2D eigenvalue weighted by atomic mass is 10.1. The second-order valence-corrected chi connectivity index (χ2v) is 4.71. The van der Waals surface area contributed by atoms with Crippen molar-refractivity contribution in [1.29, 1.82) is 0 Å². The van der Waals surface area contributed by atoms with Gasteiger partial charge in [-0.05, 0) is 39.0 Å². The number of nitrogens with two attached hydrogens (primary N) is 1. The van der Waals surface area contributed by atoms with Gasteiger partial charge >= 0.3 is 0 Å². The Bertz CT molecular complexity index is 605. The third kappa shape index (κ3) is 2.28. The van der Waals surface area contributed by atoms with Crippen molar-refractivity contribution >= 4 is 5.82 Å². The third-order valence-corrected chi connectivity index (χ3v) is 3.07. The zero-order chi connectivity index (χ0) is 14.2. The molecule has 0 fully saturated rings. The van der Waals surface area contributed by atoms with Crippen LogP contribution in [0.2, 0.25) is 0 Å². The van der Waals surface area contributed by atoms with Gasteiger partial charge in [0.2, 0.25) is 0 Å².